The van der Waals surface area contributed by atoms with Crippen molar-refractivity contribution in [1.82, 2.24) is 5.32 Å². The lowest BCUT2D eigenvalue weighted by atomic mass is 10.4. The number of hydrogen-bond acceptors (Lipinski definition) is 2. The fraction of sp³-hybridized carbons (Fsp3) is 0.889. The molecule has 2 fully saturated rings. The summed E-state index contributed by atoms with van der Waals surface area (Å²) in [6, 6.07) is 0.420. The molecule has 3 heteroatoms. The predicted octanol–water partition coefficient (Wildman–Crippen LogP) is 1.67. The summed E-state index contributed by atoms with van der Waals surface area (Å²) < 4.78 is 4.97. The van der Waals surface area contributed by atoms with Crippen molar-refractivity contribution in [3.63, 3.8) is 0 Å². The average molecular weight is 169 g/mol. The Bertz CT molecular complexity index is 209. The van der Waals surface area contributed by atoms with Crippen LogP contribution in [0.2, 0.25) is 0 Å². The van der Waals surface area contributed by atoms with Crippen molar-refractivity contribution in [1.29, 1.82) is 0 Å². The SMILES string of the molecule is CC(C)OC(=O)N[C@H]1CC12CC2. The highest BCUT2D eigenvalue weighted by molar-refractivity contribution is 5.68. The molecule has 1 atom stereocenters. The standard InChI is InChI=1S/C9H15NO2/c1-6(2)12-8(11)10-7-5-9(7)3-4-9/h6-7H,3-5H2,1-2H3,(H,10,11)/t7-/m0/s1. The van der Waals surface area contributed by atoms with Gasteiger partial charge in [0, 0.05) is 6.04 Å². The lowest BCUT2D eigenvalue weighted by molar-refractivity contribution is 0.114. The molecule has 0 radical (unpaired) electrons. The number of ether oxygens (including phenoxy) is 1. The molecular formula is C9H15NO2. The third-order valence-corrected chi connectivity index (χ3v) is 2.72. The normalized spacial score (nSPS) is 28.8. The number of hydrogen-bond donors (Lipinski definition) is 1. The Morgan fingerprint density at radius 2 is 2.25 bits per heavy atom. The molecule has 0 saturated heterocycles. The summed E-state index contributed by atoms with van der Waals surface area (Å²) >= 11 is 0. The maximum atomic E-state index is 11.1. The van der Waals surface area contributed by atoms with Gasteiger partial charge in [0.25, 0.3) is 0 Å². The highest BCUT2D eigenvalue weighted by Crippen LogP contribution is 2.65. The van der Waals surface area contributed by atoms with Gasteiger partial charge in [-0.3, -0.25) is 0 Å². The van der Waals surface area contributed by atoms with Crippen LogP contribution in [0.4, 0.5) is 4.79 Å². The van der Waals surface area contributed by atoms with Crippen LogP contribution in [0.1, 0.15) is 33.1 Å². The first-order chi connectivity index (χ1) is 5.62. The van der Waals surface area contributed by atoms with Crippen molar-refractivity contribution in [3.05, 3.63) is 0 Å². The minimum atomic E-state index is -0.251. The van der Waals surface area contributed by atoms with E-state index in [2.05, 4.69) is 5.32 Å². The van der Waals surface area contributed by atoms with Crippen LogP contribution in [0.25, 0.3) is 0 Å². The van der Waals surface area contributed by atoms with E-state index in [1.165, 1.54) is 19.3 Å². The second kappa shape index (κ2) is 2.38. The summed E-state index contributed by atoms with van der Waals surface area (Å²) in [7, 11) is 0. The Balaban J connectivity index is 1.70. The van der Waals surface area contributed by atoms with Crippen LogP contribution in [0, 0.1) is 5.41 Å². The van der Waals surface area contributed by atoms with Crippen molar-refractivity contribution in [2.24, 2.45) is 5.41 Å². The third kappa shape index (κ3) is 1.40. The molecule has 1 spiro atoms. The van der Waals surface area contributed by atoms with Crippen LogP contribution in [-0.2, 0) is 4.74 Å². The minimum absolute atomic E-state index is 0.0149. The number of nitrogens with one attached hydrogen (secondary N) is 1. The molecule has 3 nitrogen and oxygen atoms in total. The fourth-order valence-electron chi connectivity index (χ4n) is 1.66. The van der Waals surface area contributed by atoms with E-state index in [-0.39, 0.29) is 12.2 Å². The molecule has 0 bridgehead atoms. The zero-order valence-electron chi connectivity index (χ0n) is 7.59. The first kappa shape index (κ1) is 7.90. The maximum absolute atomic E-state index is 11.1. The van der Waals surface area contributed by atoms with E-state index in [9.17, 15) is 4.79 Å². The number of rotatable bonds is 2. The van der Waals surface area contributed by atoms with Crippen LogP contribution < -0.4 is 5.32 Å². The molecule has 68 valence electrons. The van der Waals surface area contributed by atoms with Gasteiger partial charge in [0.15, 0.2) is 0 Å². The summed E-state index contributed by atoms with van der Waals surface area (Å²) in [5, 5.41) is 2.88. The van der Waals surface area contributed by atoms with Gasteiger partial charge < -0.3 is 10.1 Å². The second-order valence-electron chi connectivity index (χ2n) is 4.22. The minimum Gasteiger partial charge on any atom is -0.447 e. The first-order valence-corrected chi connectivity index (χ1v) is 4.59. The van der Waals surface area contributed by atoms with E-state index in [0.29, 0.717) is 11.5 Å². The van der Waals surface area contributed by atoms with Gasteiger partial charge in [0.05, 0.1) is 6.10 Å². The van der Waals surface area contributed by atoms with Gasteiger partial charge in [-0.25, -0.2) is 4.79 Å². The lowest BCUT2D eigenvalue weighted by Gasteiger charge is -2.08. The Morgan fingerprint density at radius 1 is 1.58 bits per heavy atom. The van der Waals surface area contributed by atoms with E-state index >= 15 is 0 Å². The summed E-state index contributed by atoms with van der Waals surface area (Å²) in [6.07, 6.45) is 3.48. The molecule has 0 aliphatic heterocycles. The Hall–Kier alpha value is -0.730. The molecule has 0 aromatic rings. The summed E-state index contributed by atoms with van der Waals surface area (Å²) in [5.74, 6) is 0. The molecule has 1 N–H and O–H groups in total. The van der Waals surface area contributed by atoms with E-state index < -0.39 is 0 Å². The van der Waals surface area contributed by atoms with Crippen LogP contribution >= 0.6 is 0 Å². The Kier molecular flexibility index (Phi) is 1.56. The number of amides is 1. The number of alkyl carbamates (subject to hydrolysis) is 1. The van der Waals surface area contributed by atoms with Crippen LogP contribution in [0.15, 0.2) is 0 Å². The first-order valence-electron chi connectivity index (χ1n) is 4.59. The van der Waals surface area contributed by atoms with Crippen molar-refractivity contribution >= 4 is 6.09 Å². The van der Waals surface area contributed by atoms with Crippen LogP contribution in [0.3, 0.4) is 0 Å². The topological polar surface area (TPSA) is 38.3 Å². The van der Waals surface area contributed by atoms with Gasteiger partial charge in [-0.05, 0) is 38.5 Å². The smallest absolute Gasteiger partial charge is 0.407 e. The van der Waals surface area contributed by atoms with E-state index in [4.69, 9.17) is 4.74 Å². The largest absolute Gasteiger partial charge is 0.447 e. The molecule has 2 saturated carbocycles. The zero-order chi connectivity index (χ0) is 8.77. The molecule has 0 aromatic carbocycles. The van der Waals surface area contributed by atoms with Gasteiger partial charge in [-0.15, -0.1) is 0 Å². The fourth-order valence-corrected chi connectivity index (χ4v) is 1.66. The summed E-state index contributed by atoms with van der Waals surface area (Å²) in [6.45, 7) is 3.72. The van der Waals surface area contributed by atoms with Crippen molar-refractivity contribution in [3.8, 4) is 0 Å². The van der Waals surface area contributed by atoms with E-state index in [1.54, 1.807) is 0 Å². The number of carbonyl (C=O) groups is 1. The van der Waals surface area contributed by atoms with Crippen molar-refractivity contribution in [2.45, 2.75) is 45.3 Å². The average Bonchev–Trinajstić information content (AvgIpc) is 2.75. The van der Waals surface area contributed by atoms with Crippen LogP contribution in [-0.4, -0.2) is 18.2 Å². The molecular weight excluding hydrogens is 154 g/mol. The monoisotopic (exact) mass is 169 g/mol. The van der Waals surface area contributed by atoms with Gasteiger partial charge in [-0.1, -0.05) is 0 Å². The second-order valence-corrected chi connectivity index (χ2v) is 4.22. The summed E-state index contributed by atoms with van der Waals surface area (Å²) in [5.41, 5.74) is 0.524. The van der Waals surface area contributed by atoms with Gasteiger partial charge in [0.1, 0.15) is 0 Å². The molecule has 0 aromatic heterocycles. The lowest BCUT2D eigenvalue weighted by Crippen LogP contribution is -2.29. The zero-order valence-corrected chi connectivity index (χ0v) is 7.59. The highest BCUT2D eigenvalue weighted by Gasteiger charge is 2.63. The van der Waals surface area contributed by atoms with Crippen LogP contribution in [0.5, 0.6) is 0 Å². The quantitative estimate of drug-likeness (QED) is 0.683. The third-order valence-electron chi connectivity index (χ3n) is 2.72. The molecule has 12 heavy (non-hydrogen) atoms. The van der Waals surface area contributed by atoms with E-state index in [1.807, 2.05) is 13.8 Å². The van der Waals surface area contributed by atoms with Gasteiger partial charge >= 0.3 is 6.09 Å². The molecule has 2 aliphatic carbocycles. The van der Waals surface area contributed by atoms with Gasteiger partial charge in [-0.2, -0.15) is 0 Å². The Labute approximate surface area is 72.5 Å². The van der Waals surface area contributed by atoms with E-state index in [0.717, 1.165) is 0 Å². The van der Waals surface area contributed by atoms with Crippen molar-refractivity contribution in [2.75, 3.05) is 0 Å². The van der Waals surface area contributed by atoms with Crippen molar-refractivity contribution < 1.29 is 9.53 Å². The van der Waals surface area contributed by atoms with Gasteiger partial charge in [0.2, 0.25) is 0 Å². The summed E-state index contributed by atoms with van der Waals surface area (Å²) in [4.78, 5) is 11.1. The molecule has 1 amide bonds. The highest BCUT2D eigenvalue weighted by atomic mass is 16.6. The maximum Gasteiger partial charge on any atom is 0.407 e. The number of carbonyl (C=O) groups excluding carboxylic acids is 1. The molecule has 0 heterocycles. The Morgan fingerprint density at radius 3 is 2.67 bits per heavy atom. The molecule has 0 unspecified atom stereocenters. The molecule has 2 aliphatic rings. The molecule has 2 rings (SSSR count). The predicted molar refractivity (Wildman–Crippen MR) is 44.8 cm³/mol.